The van der Waals surface area contributed by atoms with Crippen LogP contribution in [0.3, 0.4) is 0 Å². The molecule has 0 aliphatic rings. The van der Waals surface area contributed by atoms with Crippen molar-refractivity contribution < 1.29 is 0 Å². The summed E-state index contributed by atoms with van der Waals surface area (Å²) >= 11 is 0. The van der Waals surface area contributed by atoms with Gasteiger partial charge in [0.1, 0.15) is 0 Å². The molecule has 0 atom stereocenters. The largest absolute Gasteiger partial charge is 0.310 e. The van der Waals surface area contributed by atoms with Gasteiger partial charge in [0.05, 0.1) is 45.7 Å². The summed E-state index contributed by atoms with van der Waals surface area (Å²) in [6, 6.07) is 60.8. The van der Waals surface area contributed by atoms with Crippen LogP contribution in [0.25, 0.3) is 93.7 Å². The first-order chi connectivity index (χ1) is 25.8. The van der Waals surface area contributed by atoms with E-state index in [1.54, 1.807) is 0 Å². The maximum Gasteiger partial charge on any atom is 0.189 e. The highest BCUT2D eigenvalue weighted by molar-refractivity contribution is 6.26. The van der Waals surface area contributed by atoms with E-state index in [2.05, 4.69) is 135 Å². The molecule has 0 aliphatic heterocycles. The first-order valence-electron chi connectivity index (χ1n) is 17.3. The lowest BCUT2D eigenvalue weighted by Gasteiger charge is -2.16. The second-order valence-electron chi connectivity index (χ2n) is 12.9. The van der Waals surface area contributed by atoms with Crippen molar-refractivity contribution in [3.8, 4) is 45.3 Å². The van der Waals surface area contributed by atoms with Gasteiger partial charge in [-0.2, -0.15) is 0 Å². The van der Waals surface area contributed by atoms with Gasteiger partial charge < -0.3 is 9.13 Å². The van der Waals surface area contributed by atoms with Gasteiger partial charge in [0.25, 0.3) is 0 Å². The molecule has 242 valence electrons. The molecule has 0 spiro atoms. The number of fused-ring (bicyclic) bond motifs is 7. The number of hydrogen-bond acceptors (Lipinski definition) is 2. The van der Waals surface area contributed by atoms with Crippen molar-refractivity contribution in [2.24, 2.45) is 0 Å². The normalized spacial score (nSPS) is 11.4. The Morgan fingerprint density at radius 3 is 1.90 bits per heavy atom. The Bertz CT molecular complexity index is 2960. The van der Waals surface area contributed by atoms with Crippen LogP contribution in [-0.2, 0) is 0 Å². The topological polar surface area (TPSA) is 40.0 Å². The Hall–Kier alpha value is -7.29. The van der Waals surface area contributed by atoms with Crippen LogP contribution in [0, 0.1) is 6.57 Å². The lowest BCUT2D eigenvalue weighted by atomic mass is 10.0. The van der Waals surface area contributed by atoms with E-state index in [-0.39, 0.29) is 0 Å². The third kappa shape index (κ3) is 4.63. The fraction of sp³-hybridized carbons (Fsp3) is 0. The molecular formula is C47H29N5. The molecule has 0 bridgehead atoms. The monoisotopic (exact) mass is 663 g/mol. The van der Waals surface area contributed by atoms with Crippen molar-refractivity contribution in [2.75, 3.05) is 0 Å². The summed E-state index contributed by atoms with van der Waals surface area (Å²) < 4.78 is 4.70. The van der Waals surface area contributed by atoms with E-state index in [4.69, 9.17) is 16.5 Å². The minimum absolute atomic E-state index is 0.613. The van der Waals surface area contributed by atoms with Gasteiger partial charge in [-0.05, 0) is 42.5 Å². The fourth-order valence-electron chi connectivity index (χ4n) is 7.68. The summed E-state index contributed by atoms with van der Waals surface area (Å²) in [5.41, 5.74) is 11.7. The SMILES string of the molecule is [C-]#[N+]c1cccc(-n2c3ccccc3c3c2ccc2c4ccccc4n(-c4ccccc4-c4cc(-c5ccccc5)nc(-c5ccccc5)n4)c23)c1. The highest BCUT2D eigenvalue weighted by Crippen LogP contribution is 2.43. The predicted molar refractivity (Wildman–Crippen MR) is 213 cm³/mol. The molecule has 0 saturated heterocycles. The van der Waals surface area contributed by atoms with Gasteiger partial charge in [0.2, 0.25) is 0 Å². The third-order valence-electron chi connectivity index (χ3n) is 9.94. The number of hydrogen-bond donors (Lipinski definition) is 0. The third-order valence-corrected chi connectivity index (χ3v) is 9.94. The van der Waals surface area contributed by atoms with E-state index in [0.29, 0.717) is 11.5 Å². The number of nitrogens with zero attached hydrogens (tertiary/aromatic N) is 5. The Balaban J connectivity index is 1.31. The van der Waals surface area contributed by atoms with Gasteiger partial charge >= 0.3 is 0 Å². The van der Waals surface area contributed by atoms with Gasteiger partial charge in [0.15, 0.2) is 11.5 Å². The molecule has 3 aromatic heterocycles. The summed E-state index contributed by atoms with van der Waals surface area (Å²) in [6.45, 7) is 7.70. The van der Waals surface area contributed by atoms with Crippen LogP contribution in [0.1, 0.15) is 0 Å². The zero-order valence-corrected chi connectivity index (χ0v) is 28.0. The molecule has 0 radical (unpaired) electrons. The minimum atomic E-state index is 0.613. The minimum Gasteiger partial charge on any atom is -0.310 e. The Morgan fingerprint density at radius 2 is 1.12 bits per heavy atom. The summed E-state index contributed by atoms with van der Waals surface area (Å²) in [5.74, 6) is 0.682. The van der Waals surface area contributed by atoms with E-state index < -0.39 is 0 Å². The number of aromatic nitrogens is 4. The first-order valence-corrected chi connectivity index (χ1v) is 17.3. The van der Waals surface area contributed by atoms with Gasteiger partial charge in [-0.1, -0.05) is 133 Å². The number of rotatable bonds is 5. The summed E-state index contributed by atoms with van der Waals surface area (Å²) in [5, 5.41) is 4.66. The van der Waals surface area contributed by atoms with Crippen molar-refractivity contribution in [1.82, 2.24) is 19.1 Å². The zero-order chi connectivity index (χ0) is 34.6. The molecule has 0 fully saturated rings. The molecule has 10 aromatic rings. The van der Waals surface area contributed by atoms with Crippen LogP contribution >= 0.6 is 0 Å². The second-order valence-corrected chi connectivity index (χ2v) is 12.9. The van der Waals surface area contributed by atoms with Gasteiger partial charge in [-0.15, -0.1) is 0 Å². The zero-order valence-electron chi connectivity index (χ0n) is 28.0. The summed E-state index contributed by atoms with van der Waals surface area (Å²) in [4.78, 5) is 14.1. The smallest absolute Gasteiger partial charge is 0.189 e. The lowest BCUT2D eigenvalue weighted by Crippen LogP contribution is -2.01. The summed E-state index contributed by atoms with van der Waals surface area (Å²) in [6.07, 6.45) is 0. The van der Waals surface area contributed by atoms with Crippen LogP contribution in [-0.4, -0.2) is 19.1 Å². The van der Waals surface area contributed by atoms with Crippen LogP contribution in [0.2, 0.25) is 0 Å². The van der Waals surface area contributed by atoms with Gasteiger partial charge in [-0.3, -0.25) is 0 Å². The quantitative estimate of drug-likeness (QED) is 0.172. The molecule has 0 saturated carbocycles. The Kier molecular flexibility index (Phi) is 6.80. The maximum atomic E-state index is 7.70. The van der Waals surface area contributed by atoms with E-state index in [1.165, 1.54) is 10.8 Å². The Morgan fingerprint density at radius 1 is 0.462 bits per heavy atom. The molecule has 0 amide bonds. The second kappa shape index (κ2) is 11.9. The molecular weight excluding hydrogens is 635 g/mol. The van der Waals surface area contributed by atoms with Crippen molar-refractivity contribution >= 4 is 49.3 Å². The van der Waals surface area contributed by atoms with Crippen LogP contribution in [0.5, 0.6) is 0 Å². The fourth-order valence-corrected chi connectivity index (χ4v) is 7.68. The molecule has 5 heteroatoms. The van der Waals surface area contributed by atoms with Crippen molar-refractivity contribution in [3.63, 3.8) is 0 Å². The number of para-hydroxylation sites is 3. The Labute approximate surface area is 300 Å². The molecule has 52 heavy (non-hydrogen) atoms. The molecule has 7 aromatic carbocycles. The standard InChI is InChI=1S/C47H29N5/c1-48-33-19-14-20-34(29-33)51-43-26-13-10-23-38(43)45-44(51)28-27-36-35-21-8-11-24-41(35)52(46(36)45)42-25-12-9-22-37(42)40-30-39(31-15-4-2-5-16-31)49-47(50-40)32-17-6-3-7-18-32/h2-30H. The molecule has 10 rings (SSSR count). The van der Waals surface area contributed by atoms with Crippen LogP contribution < -0.4 is 0 Å². The van der Waals surface area contributed by atoms with Crippen LogP contribution in [0.4, 0.5) is 5.69 Å². The van der Waals surface area contributed by atoms with Crippen molar-refractivity contribution in [2.45, 2.75) is 0 Å². The van der Waals surface area contributed by atoms with Crippen molar-refractivity contribution in [3.05, 3.63) is 187 Å². The molecule has 0 N–H and O–H groups in total. The lowest BCUT2D eigenvalue weighted by molar-refractivity contribution is 1.15. The van der Waals surface area contributed by atoms with E-state index in [1.807, 2.05) is 54.6 Å². The van der Waals surface area contributed by atoms with E-state index in [9.17, 15) is 0 Å². The average molecular weight is 664 g/mol. The maximum absolute atomic E-state index is 7.70. The van der Waals surface area contributed by atoms with Crippen LogP contribution in [0.15, 0.2) is 176 Å². The molecule has 3 heterocycles. The molecule has 0 unspecified atom stereocenters. The van der Waals surface area contributed by atoms with E-state index >= 15 is 0 Å². The predicted octanol–water partition coefficient (Wildman–Crippen LogP) is 12.2. The van der Waals surface area contributed by atoms with Gasteiger partial charge in [-0.25, -0.2) is 14.8 Å². The van der Waals surface area contributed by atoms with E-state index in [0.717, 1.165) is 72.3 Å². The van der Waals surface area contributed by atoms with Crippen molar-refractivity contribution in [1.29, 1.82) is 0 Å². The average Bonchev–Trinajstić information content (AvgIpc) is 3.74. The van der Waals surface area contributed by atoms with Gasteiger partial charge in [0, 0.05) is 43.9 Å². The summed E-state index contributed by atoms with van der Waals surface area (Å²) in [7, 11) is 0. The number of benzene rings is 7. The molecule has 0 aliphatic carbocycles. The molecule has 5 nitrogen and oxygen atoms in total. The highest BCUT2D eigenvalue weighted by atomic mass is 15.0. The highest BCUT2D eigenvalue weighted by Gasteiger charge is 2.23. The first kappa shape index (κ1) is 29.6.